The Bertz CT molecular complexity index is 1170. The molecule has 0 fully saturated rings. The molecule has 1 unspecified atom stereocenters. The summed E-state index contributed by atoms with van der Waals surface area (Å²) in [7, 11) is -2.06. The van der Waals surface area contributed by atoms with E-state index < -0.39 is 22.0 Å². The fourth-order valence-electron chi connectivity index (χ4n) is 2.79. The van der Waals surface area contributed by atoms with E-state index in [1.54, 1.807) is 32.2 Å². The summed E-state index contributed by atoms with van der Waals surface area (Å²) >= 11 is 7.19. The Labute approximate surface area is 184 Å². The molecule has 3 rings (SSSR count). The number of sulfonamides is 1. The topological polar surface area (TPSA) is 106 Å². The molecule has 0 aliphatic carbocycles. The number of anilines is 1. The fraction of sp³-hybridized carbons (Fsp3) is 0.316. The Morgan fingerprint density at radius 3 is 2.63 bits per heavy atom. The molecule has 0 radical (unpaired) electrons. The molecular formula is C19H22ClN5O3S2. The first-order valence-corrected chi connectivity index (χ1v) is 11.8. The molecule has 1 aromatic carbocycles. The summed E-state index contributed by atoms with van der Waals surface area (Å²) in [6.45, 7) is 5.35. The second-order valence-corrected chi connectivity index (χ2v) is 10.2. The van der Waals surface area contributed by atoms with Gasteiger partial charge in [0, 0.05) is 24.5 Å². The molecule has 2 N–H and O–H groups in total. The van der Waals surface area contributed by atoms with Gasteiger partial charge in [-0.25, -0.2) is 18.4 Å². The highest BCUT2D eigenvalue weighted by Gasteiger charge is 2.29. The molecule has 0 aliphatic heterocycles. The molecule has 2 heterocycles. The number of aryl methyl sites for hydroxylation is 2. The van der Waals surface area contributed by atoms with Crippen LogP contribution in [0.5, 0.6) is 0 Å². The van der Waals surface area contributed by atoms with E-state index in [9.17, 15) is 13.2 Å². The van der Waals surface area contributed by atoms with Crippen LogP contribution in [0, 0.1) is 12.8 Å². The first-order valence-electron chi connectivity index (χ1n) is 9.12. The van der Waals surface area contributed by atoms with Gasteiger partial charge in [-0.3, -0.25) is 4.79 Å². The molecule has 11 heteroatoms. The second kappa shape index (κ2) is 8.84. The van der Waals surface area contributed by atoms with Gasteiger partial charge in [0.1, 0.15) is 6.04 Å². The van der Waals surface area contributed by atoms with Crippen LogP contribution in [0.4, 0.5) is 5.13 Å². The number of imidazole rings is 1. The van der Waals surface area contributed by atoms with Crippen molar-refractivity contribution in [2.45, 2.75) is 31.7 Å². The highest BCUT2D eigenvalue weighted by Crippen LogP contribution is 2.31. The molecule has 0 spiro atoms. The summed E-state index contributed by atoms with van der Waals surface area (Å²) in [6, 6.07) is 4.89. The second-order valence-electron chi connectivity index (χ2n) is 7.08. The predicted molar refractivity (Wildman–Crippen MR) is 118 cm³/mol. The van der Waals surface area contributed by atoms with Gasteiger partial charge in [-0.2, -0.15) is 4.72 Å². The smallest absolute Gasteiger partial charge is 0.244 e. The predicted octanol–water partition coefficient (Wildman–Crippen LogP) is 3.45. The van der Waals surface area contributed by atoms with Crippen molar-refractivity contribution in [2.24, 2.45) is 13.0 Å². The summed E-state index contributed by atoms with van der Waals surface area (Å²) < 4.78 is 29.8. The van der Waals surface area contributed by atoms with E-state index in [0.717, 1.165) is 16.4 Å². The van der Waals surface area contributed by atoms with Gasteiger partial charge < -0.3 is 9.88 Å². The largest absolute Gasteiger partial charge is 0.333 e. The van der Waals surface area contributed by atoms with E-state index in [1.165, 1.54) is 23.5 Å². The fourth-order valence-corrected chi connectivity index (χ4v) is 5.44. The van der Waals surface area contributed by atoms with Crippen LogP contribution < -0.4 is 10.0 Å². The normalized spacial score (nSPS) is 12.9. The number of rotatable bonds is 7. The molecule has 2 aromatic heterocycles. The van der Waals surface area contributed by atoms with Gasteiger partial charge in [-0.05, 0) is 31.0 Å². The number of amides is 1. The van der Waals surface area contributed by atoms with Crippen LogP contribution in [0.2, 0.25) is 5.02 Å². The highest BCUT2D eigenvalue weighted by molar-refractivity contribution is 7.89. The number of thiazole rings is 1. The number of aromatic nitrogens is 3. The lowest BCUT2D eigenvalue weighted by molar-refractivity contribution is -0.118. The van der Waals surface area contributed by atoms with Crippen LogP contribution in [0.3, 0.4) is 0 Å². The minimum absolute atomic E-state index is 0.00406. The first kappa shape index (κ1) is 22.4. The zero-order valence-corrected chi connectivity index (χ0v) is 19.3. The van der Waals surface area contributed by atoms with Gasteiger partial charge >= 0.3 is 0 Å². The maximum atomic E-state index is 12.9. The Balaban J connectivity index is 1.81. The minimum atomic E-state index is -3.93. The van der Waals surface area contributed by atoms with Crippen molar-refractivity contribution >= 4 is 44.0 Å². The highest BCUT2D eigenvalue weighted by atomic mass is 35.5. The zero-order valence-electron chi connectivity index (χ0n) is 16.9. The number of nitrogens with one attached hydrogen (secondary N) is 2. The maximum Gasteiger partial charge on any atom is 0.244 e. The van der Waals surface area contributed by atoms with Gasteiger partial charge in [0.15, 0.2) is 11.0 Å². The monoisotopic (exact) mass is 467 g/mol. The molecule has 0 aliphatic rings. The molecule has 0 saturated carbocycles. The van der Waals surface area contributed by atoms with Crippen molar-refractivity contribution in [3.63, 3.8) is 0 Å². The standard InChI is InChI=1S/C19H22ClN5O3S2/c1-11(2)15(24-30(27,28)14-7-5-6-13(20)10-14)18(26)23-19-22-12(3)16(29-19)17-21-8-9-25(17)4/h5-11,15,24H,1-4H3,(H,22,23,26). The van der Waals surface area contributed by atoms with Crippen molar-refractivity contribution in [1.29, 1.82) is 0 Å². The van der Waals surface area contributed by atoms with Gasteiger partial charge in [0.25, 0.3) is 0 Å². The summed E-state index contributed by atoms with van der Waals surface area (Å²) in [4.78, 5) is 22.4. The van der Waals surface area contributed by atoms with Crippen molar-refractivity contribution < 1.29 is 13.2 Å². The third kappa shape index (κ3) is 4.89. The summed E-state index contributed by atoms with van der Waals surface area (Å²) in [5.41, 5.74) is 0.727. The van der Waals surface area contributed by atoms with Crippen molar-refractivity contribution in [1.82, 2.24) is 19.3 Å². The summed E-state index contributed by atoms with van der Waals surface area (Å²) in [5.74, 6) is -0.0441. The number of carbonyl (C=O) groups is 1. The van der Waals surface area contributed by atoms with Gasteiger partial charge in [-0.15, -0.1) is 0 Å². The molecule has 160 valence electrons. The Kier molecular flexibility index (Phi) is 6.61. The Hall–Kier alpha value is -2.27. The quantitative estimate of drug-likeness (QED) is 0.553. The molecule has 8 nitrogen and oxygen atoms in total. The van der Waals surface area contributed by atoms with Crippen LogP contribution in [-0.2, 0) is 21.9 Å². The van der Waals surface area contributed by atoms with Crippen LogP contribution in [-0.4, -0.2) is 34.9 Å². The maximum absolute atomic E-state index is 12.9. The molecule has 30 heavy (non-hydrogen) atoms. The zero-order chi connectivity index (χ0) is 22.1. The SMILES string of the molecule is Cc1nc(NC(=O)C(NS(=O)(=O)c2cccc(Cl)c2)C(C)C)sc1-c1nccn1C. The van der Waals surface area contributed by atoms with Crippen LogP contribution in [0.15, 0.2) is 41.6 Å². The Morgan fingerprint density at radius 1 is 1.30 bits per heavy atom. The Morgan fingerprint density at radius 2 is 2.03 bits per heavy atom. The third-order valence-corrected chi connectivity index (χ3v) is 7.13. The van der Waals surface area contributed by atoms with E-state index in [-0.39, 0.29) is 10.8 Å². The number of hydrogen-bond acceptors (Lipinski definition) is 6. The lowest BCUT2D eigenvalue weighted by atomic mass is 10.1. The van der Waals surface area contributed by atoms with Gasteiger partial charge in [-0.1, -0.05) is 42.9 Å². The number of nitrogens with zero attached hydrogens (tertiary/aromatic N) is 3. The van der Waals surface area contributed by atoms with Gasteiger partial charge in [0.05, 0.1) is 15.5 Å². The average molecular weight is 468 g/mol. The summed E-state index contributed by atoms with van der Waals surface area (Å²) in [5, 5.41) is 3.40. The van der Waals surface area contributed by atoms with E-state index in [0.29, 0.717) is 10.2 Å². The molecule has 1 amide bonds. The minimum Gasteiger partial charge on any atom is -0.333 e. The summed E-state index contributed by atoms with van der Waals surface area (Å²) in [6.07, 6.45) is 3.51. The van der Waals surface area contributed by atoms with E-state index in [1.807, 2.05) is 24.7 Å². The lowest BCUT2D eigenvalue weighted by Crippen LogP contribution is -2.47. The first-order chi connectivity index (χ1) is 14.1. The lowest BCUT2D eigenvalue weighted by Gasteiger charge is -2.21. The van der Waals surface area contributed by atoms with Gasteiger partial charge in [0.2, 0.25) is 15.9 Å². The van der Waals surface area contributed by atoms with Crippen LogP contribution in [0.25, 0.3) is 10.7 Å². The van der Waals surface area contributed by atoms with Crippen molar-refractivity contribution in [3.8, 4) is 10.7 Å². The van der Waals surface area contributed by atoms with E-state index >= 15 is 0 Å². The van der Waals surface area contributed by atoms with Crippen molar-refractivity contribution in [3.05, 3.63) is 47.4 Å². The molecule has 3 aromatic rings. The molecular weight excluding hydrogens is 446 g/mol. The van der Waals surface area contributed by atoms with Crippen LogP contribution in [0.1, 0.15) is 19.5 Å². The molecule has 0 saturated heterocycles. The number of carbonyl (C=O) groups excluding carboxylic acids is 1. The third-order valence-electron chi connectivity index (χ3n) is 4.39. The van der Waals surface area contributed by atoms with E-state index in [2.05, 4.69) is 20.0 Å². The average Bonchev–Trinajstić information content (AvgIpc) is 3.24. The molecule has 1 atom stereocenters. The number of benzene rings is 1. The van der Waals surface area contributed by atoms with Crippen LogP contribution >= 0.6 is 22.9 Å². The molecule has 0 bridgehead atoms. The number of halogens is 1. The number of hydrogen-bond donors (Lipinski definition) is 2. The van der Waals surface area contributed by atoms with Crippen molar-refractivity contribution in [2.75, 3.05) is 5.32 Å². The van der Waals surface area contributed by atoms with E-state index in [4.69, 9.17) is 11.6 Å².